The molecule has 0 aromatic rings. The van der Waals surface area contributed by atoms with Crippen molar-refractivity contribution in [2.45, 2.75) is 70.1 Å². The lowest BCUT2D eigenvalue weighted by Gasteiger charge is -2.15. The number of aliphatic hydroxyl groups excluding tert-OH is 3. The minimum Gasteiger partial charge on any atom is -0.394 e. The summed E-state index contributed by atoms with van der Waals surface area (Å²) in [6.07, 6.45) is 3.31. The fourth-order valence-electron chi connectivity index (χ4n) is 2.08. The number of ether oxygens (including phenoxy) is 2. The van der Waals surface area contributed by atoms with Crippen LogP contribution in [0.1, 0.15) is 45.4 Å². The van der Waals surface area contributed by atoms with Gasteiger partial charge in [-0.1, -0.05) is 39.0 Å². The van der Waals surface area contributed by atoms with Gasteiger partial charge in [0.05, 0.1) is 6.61 Å². The highest BCUT2D eigenvalue weighted by Gasteiger charge is 2.42. The van der Waals surface area contributed by atoms with Gasteiger partial charge in [-0.25, -0.2) is 0 Å². The normalized spacial score (nSPS) is 32.0. The molecule has 1 saturated heterocycles. The summed E-state index contributed by atoms with van der Waals surface area (Å²) in [6.45, 7) is 2.39. The van der Waals surface area contributed by atoms with Crippen molar-refractivity contribution in [3.63, 3.8) is 0 Å². The summed E-state index contributed by atoms with van der Waals surface area (Å²) in [4.78, 5) is 0. The Morgan fingerprint density at radius 3 is 2.28 bits per heavy atom. The van der Waals surface area contributed by atoms with Gasteiger partial charge in [0, 0.05) is 6.61 Å². The predicted octanol–water partition coefficient (Wildman–Crippen LogP) is 0.802. The van der Waals surface area contributed by atoms with Crippen LogP contribution in [0.25, 0.3) is 0 Å². The van der Waals surface area contributed by atoms with E-state index in [0.29, 0.717) is 6.61 Å². The van der Waals surface area contributed by atoms with Crippen LogP contribution in [-0.2, 0) is 9.47 Å². The first-order valence-electron chi connectivity index (χ1n) is 6.94. The quantitative estimate of drug-likeness (QED) is 0.536. The van der Waals surface area contributed by atoms with Gasteiger partial charge in [-0.15, -0.1) is 0 Å². The largest absolute Gasteiger partial charge is 0.394 e. The van der Waals surface area contributed by atoms with Gasteiger partial charge >= 0.3 is 0 Å². The number of aliphatic hydroxyl groups is 3. The molecule has 5 nitrogen and oxygen atoms in total. The van der Waals surface area contributed by atoms with Crippen molar-refractivity contribution in [1.29, 1.82) is 0 Å². The van der Waals surface area contributed by atoms with Crippen LogP contribution in [0.4, 0.5) is 0 Å². The average molecular weight is 262 g/mol. The third-order valence-corrected chi connectivity index (χ3v) is 3.28. The molecular formula is C13H26O5. The molecule has 1 aliphatic rings. The molecular weight excluding hydrogens is 236 g/mol. The van der Waals surface area contributed by atoms with Crippen molar-refractivity contribution < 1.29 is 24.8 Å². The highest BCUT2D eigenvalue weighted by molar-refractivity contribution is 4.86. The molecule has 1 rings (SSSR count). The summed E-state index contributed by atoms with van der Waals surface area (Å²) in [5.74, 6) is 0. The molecule has 1 heterocycles. The summed E-state index contributed by atoms with van der Waals surface area (Å²) in [7, 11) is 0. The van der Waals surface area contributed by atoms with E-state index in [0.717, 1.165) is 12.8 Å². The lowest BCUT2D eigenvalue weighted by molar-refractivity contribution is -0.169. The zero-order valence-corrected chi connectivity index (χ0v) is 11.1. The molecule has 0 amide bonds. The lowest BCUT2D eigenvalue weighted by atomic mass is 10.1. The molecule has 0 aromatic heterocycles. The van der Waals surface area contributed by atoms with Gasteiger partial charge in [0.1, 0.15) is 18.3 Å². The van der Waals surface area contributed by atoms with Crippen LogP contribution in [0.2, 0.25) is 0 Å². The molecule has 1 fully saturated rings. The molecule has 108 valence electrons. The summed E-state index contributed by atoms with van der Waals surface area (Å²) in [5, 5.41) is 28.0. The molecule has 18 heavy (non-hydrogen) atoms. The second-order valence-corrected chi connectivity index (χ2v) is 4.85. The molecule has 0 aromatic carbocycles. The maximum Gasteiger partial charge on any atom is 0.186 e. The SMILES string of the molecule is CCCCCCCCO[C@@H]1O[C@H](CO)[C@@H](O)[C@H]1O. The molecule has 0 unspecified atom stereocenters. The maximum atomic E-state index is 9.62. The number of rotatable bonds is 9. The first-order valence-corrected chi connectivity index (χ1v) is 6.94. The van der Waals surface area contributed by atoms with Crippen molar-refractivity contribution in [1.82, 2.24) is 0 Å². The van der Waals surface area contributed by atoms with Crippen molar-refractivity contribution in [3.8, 4) is 0 Å². The average Bonchev–Trinajstić information content (AvgIpc) is 2.65. The minimum atomic E-state index is -1.07. The third-order valence-electron chi connectivity index (χ3n) is 3.28. The molecule has 1 aliphatic heterocycles. The van der Waals surface area contributed by atoms with Crippen LogP contribution in [0, 0.1) is 0 Å². The van der Waals surface area contributed by atoms with Gasteiger partial charge in [-0.2, -0.15) is 0 Å². The predicted molar refractivity (Wildman–Crippen MR) is 67.1 cm³/mol. The number of hydrogen-bond donors (Lipinski definition) is 3. The van der Waals surface area contributed by atoms with Crippen molar-refractivity contribution in [2.75, 3.05) is 13.2 Å². The lowest BCUT2D eigenvalue weighted by Crippen LogP contribution is -2.34. The van der Waals surface area contributed by atoms with E-state index < -0.39 is 24.6 Å². The standard InChI is InChI=1S/C13H26O5/c1-2-3-4-5-6-7-8-17-13-12(16)11(15)10(9-14)18-13/h10-16H,2-9H2,1H3/t10-,11-,12-,13-/m1/s1. The van der Waals surface area contributed by atoms with E-state index in [9.17, 15) is 10.2 Å². The zero-order chi connectivity index (χ0) is 13.4. The van der Waals surface area contributed by atoms with Gasteiger partial charge in [0.2, 0.25) is 0 Å². The molecule has 0 saturated carbocycles. The maximum absolute atomic E-state index is 9.62. The molecule has 0 radical (unpaired) electrons. The molecule has 4 atom stereocenters. The van der Waals surface area contributed by atoms with Crippen molar-refractivity contribution in [2.24, 2.45) is 0 Å². The van der Waals surface area contributed by atoms with Gasteiger partial charge in [0.15, 0.2) is 6.29 Å². The fraction of sp³-hybridized carbons (Fsp3) is 1.00. The number of unbranched alkanes of at least 4 members (excludes halogenated alkanes) is 5. The summed E-state index contributed by atoms with van der Waals surface area (Å²) < 4.78 is 10.6. The van der Waals surface area contributed by atoms with E-state index >= 15 is 0 Å². The van der Waals surface area contributed by atoms with E-state index in [1.54, 1.807) is 0 Å². The van der Waals surface area contributed by atoms with E-state index in [2.05, 4.69) is 6.92 Å². The zero-order valence-electron chi connectivity index (χ0n) is 11.1. The Morgan fingerprint density at radius 2 is 1.67 bits per heavy atom. The van der Waals surface area contributed by atoms with Crippen LogP contribution in [0.3, 0.4) is 0 Å². The van der Waals surface area contributed by atoms with Crippen LogP contribution in [-0.4, -0.2) is 53.1 Å². The first-order chi connectivity index (χ1) is 8.70. The monoisotopic (exact) mass is 262 g/mol. The highest BCUT2D eigenvalue weighted by Crippen LogP contribution is 2.22. The van der Waals surface area contributed by atoms with Gasteiger partial charge < -0.3 is 24.8 Å². The van der Waals surface area contributed by atoms with Crippen LogP contribution >= 0.6 is 0 Å². The van der Waals surface area contributed by atoms with Crippen LogP contribution < -0.4 is 0 Å². The molecule has 0 spiro atoms. The van der Waals surface area contributed by atoms with E-state index in [4.69, 9.17) is 14.6 Å². The van der Waals surface area contributed by atoms with Gasteiger partial charge in [-0.3, -0.25) is 0 Å². The smallest absolute Gasteiger partial charge is 0.186 e. The number of hydrogen-bond acceptors (Lipinski definition) is 5. The molecule has 3 N–H and O–H groups in total. The summed E-state index contributed by atoms with van der Waals surface area (Å²) in [6, 6.07) is 0. The Balaban J connectivity index is 2.05. The Kier molecular flexibility index (Phi) is 7.77. The fourth-order valence-corrected chi connectivity index (χ4v) is 2.08. The second-order valence-electron chi connectivity index (χ2n) is 4.85. The van der Waals surface area contributed by atoms with Crippen molar-refractivity contribution >= 4 is 0 Å². The Labute approximate surface area is 109 Å². The van der Waals surface area contributed by atoms with Gasteiger partial charge in [-0.05, 0) is 6.42 Å². The molecule has 0 aliphatic carbocycles. The summed E-state index contributed by atoms with van der Waals surface area (Å²) >= 11 is 0. The Bertz CT molecular complexity index is 212. The second kappa shape index (κ2) is 8.82. The Hall–Kier alpha value is -0.200. The summed E-state index contributed by atoms with van der Waals surface area (Å²) in [5.41, 5.74) is 0. The van der Waals surface area contributed by atoms with Crippen molar-refractivity contribution in [3.05, 3.63) is 0 Å². The first kappa shape index (κ1) is 15.9. The van der Waals surface area contributed by atoms with Crippen LogP contribution in [0.15, 0.2) is 0 Å². The highest BCUT2D eigenvalue weighted by atomic mass is 16.7. The minimum absolute atomic E-state index is 0.310. The van der Waals surface area contributed by atoms with E-state index in [1.165, 1.54) is 25.7 Å². The Morgan fingerprint density at radius 1 is 1.00 bits per heavy atom. The van der Waals surface area contributed by atoms with Crippen LogP contribution in [0.5, 0.6) is 0 Å². The van der Waals surface area contributed by atoms with E-state index in [-0.39, 0.29) is 6.61 Å². The van der Waals surface area contributed by atoms with Gasteiger partial charge in [0.25, 0.3) is 0 Å². The molecule has 5 heteroatoms. The van der Waals surface area contributed by atoms with E-state index in [1.807, 2.05) is 0 Å². The third kappa shape index (κ3) is 4.82. The molecule has 0 bridgehead atoms. The topological polar surface area (TPSA) is 79.2 Å².